The van der Waals surface area contributed by atoms with Crippen LogP contribution in [-0.4, -0.2) is 63.9 Å². The lowest BCUT2D eigenvalue weighted by Crippen LogP contribution is -2.28. The second kappa shape index (κ2) is 10.1. The zero-order valence-corrected chi connectivity index (χ0v) is 19.6. The van der Waals surface area contributed by atoms with Crippen molar-refractivity contribution in [2.45, 2.75) is 20.3 Å². The average molecular weight is 460 g/mol. The molecular formula is C26H29N5O3. The van der Waals surface area contributed by atoms with E-state index < -0.39 is 0 Å². The molecule has 1 aliphatic heterocycles. The highest BCUT2D eigenvalue weighted by molar-refractivity contribution is 5.66. The quantitative estimate of drug-likeness (QED) is 0.376. The number of likely N-dealkylation sites (N-methyl/N-ethyl adjacent to an activating group) is 1. The van der Waals surface area contributed by atoms with Crippen molar-refractivity contribution in [2.24, 2.45) is 0 Å². The zero-order valence-electron chi connectivity index (χ0n) is 19.6. The maximum Gasteiger partial charge on any atom is 0.213 e. The van der Waals surface area contributed by atoms with Gasteiger partial charge < -0.3 is 19.1 Å². The largest absolute Gasteiger partial charge is 0.486 e. The number of hydrogen-bond acceptors (Lipinski definition) is 7. The van der Waals surface area contributed by atoms with Crippen LogP contribution in [0.15, 0.2) is 54.7 Å². The van der Waals surface area contributed by atoms with Crippen molar-refractivity contribution in [3.8, 4) is 28.6 Å². The van der Waals surface area contributed by atoms with Crippen LogP contribution < -0.4 is 14.2 Å². The molecular weight excluding hydrogens is 430 g/mol. The molecule has 0 N–H and O–H groups in total. The van der Waals surface area contributed by atoms with Crippen molar-refractivity contribution in [1.29, 1.82) is 0 Å². The Hall–Kier alpha value is -3.65. The lowest BCUT2D eigenvalue weighted by Gasteiger charge is -2.19. The number of benzene rings is 1. The Balaban J connectivity index is 1.34. The van der Waals surface area contributed by atoms with E-state index in [1.54, 1.807) is 6.20 Å². The molecule has 34 heavy (non-hydrogen) atoms. The van der Waals surface area contributed by atoms with Crippen molar-refractivity contribution in [3.63, 3.8) is 0 Å². The van der Waals surface area contributed by atoms with Crippen LogP contribution >= 0.6 is 0 Å². The summed E-state index contributed by atoms with van der Waals surface area (Å²) in [4.78, 5) is 11.4. The van der Waals surface area contributed by atoms with Crippen molar-refractivity contribution in [1.82, 2.24) is 24.5 Å². The van der Waals surface area contributed by atoms with Gasteiger partial charge >= 0.3 is 0 Å². The summed E-state index contributed by atoms with van der Waals surface area (Å²) >= 11 is 0. The molecule has 0 unspecified atom stereocenters. The van der Waals surface area contributed by atoms with Crippen LogP contribution in [0.3, 0.4) is 0 Å². The lowest BCUT2D eigenvalue weighted by molar-refractivity contribution is 0.171. The molecule has 0 amide bonds. The van der Waals surface area contributed by atoms with E-state index in [1.807, 2.05) is 53.0 Å². The van der Waals surface area contributed by atoms with E-state index in [4.69, 9.17) is 24.3 Å². The van der Waals surface area contributed by atoms with Crippen LogP contribution in [-0.2, 0) is 6.42 Å². The Kier molecular flexibility index (Phi) is 6.58. The summed E-state index contributed by atoms with van der Waals surface area (Å²) in [5, 5.41) is 4.80. The minimum atomic E-state index is 0.557. The molecule has 8 heteroatoms. The van der Waals surface area contributed by atoms with Gasteiger partial charge in [0.1, 0.15) is 19.8 Å². The standard InChI is InChI=1S/C26H29N5O3/c1-3-30(4-2)12-13-34-26-17-19(10-11-27-26)16-24-28-25-7-5-6-21(31(25)29-24)20-8-9-22-23(18-20)33-15-14-32-22/h5-11,17-18H,3-4,12-16H2,1-2H3. The topological polar surface area (TPSA) is 74.0 Å². The molecule has 0 aliphatic carbocycles. The van der Waals surface area contributed by atoms with Crippen LogP contribution in [0.5, 0.6) is 17.4 Å². The van der Waals surface area contributed by atoms with E-state index in [0.717, 1.165) is 59.4 Å². The highest BCUT2D eigenvalue weighted by Gasteiger charge is 2.15. The van der Waals surface area contributed by atoms with Crippen molar-refractivity contribution < 1.29 is 14.2 Å². The number of pyridine rings is 2. The molecule has 3 aromatic heterocycles. The summed E-state index contributed by atoms with van der Waals surface area (Å²) in [6, 6.07) is 15.9. The molecule has 176 valence electrons. The molecule has 0 saturated heterocycles. The molecule has 4 heterocycles. The van der Waals surface area contributed by atoms with Gasteiger partial charge in [-0.05, 0) is 55.1 Å². The van der Waals surface area contributed by atoms with Crippen molar-refractivity contribution in [3.05, 3.63) is 66.1 Å². The molecule has 0 fully saturated rings. The number of fused-ring (bicyclic) bond motifs is 2. The van der Waals surface area contributed by atoms with Crippen LogP contribution in [0.1, 0.15) is 25.2 Å². The Morgan fingerprint density at radius 1 is 1.00 bits per heavy atom. The fourth-order valence-electron chi connectivity index (χ4n) is 4.09. The van der Waals surface area contributed by atoms with Gasteiger partial charge in [-0.3, -0.25) is 0 Å². The Morgan fingerprint density at radius 2 is 1.85 bits per heavy atom. The fourth-order valence-corrected chi connectivity index (χ4v) is 4.09. The minimum Gasteiger partial charge on any atom is -0.486 e. The normalized spacial score (nSPS) is 12.9. The molecule has 0 radical (unpaired) electrons. The van der Waals surface area contributed by atoms with Gasteiger partial charge in [0.2, 0.25) is 5.88 Å². The highest BCUT2D eigenvalue weighted by atomic mass is 16.6. The molecule has 0 spiro atoms. The monoisotopic (exact) mass is 459 g/mol. The highest BCUT2D eigenvalue weighted by Crippen LogP contribution is 2.34. The number of hydrogen-bond donors (Lipinski definition) is 0. The number of nitrogens with zero attached hydrogens (tertiary/aromatic N) is 5. The summed E-state index contributed by atoms with van der Waals surface area (Å²) in [5.41, 5.74) is 3.80. The Labute approximate surface area is 199 Å². The third-order valence-electron chi connectivity index (χ3n) is 5.95. The van der Waals surface area contributed by atoms with Gasteiger partial charge in [-0.2, -0.15) is 5.10 Å². The smallest absolute Gasteiger partial charge is 0.213 e. The minimum absolute atomic E-state index is 0.557. The summed E-state index contributed by atoms with van der Waals surface area (Å²) < 4.78 is 19.2. The summed E-state index contributed by atoms with van der Waals surface area (Å²) in [6.07, 6.45) is 2.37. The third-order valence-corrected chi connectivity index (χ3v) is 5.95. The maximum absolute atomic E-state index is 5.88. The number of ether oxygens (including phenoxy) is 3. The molecule has 0 atom stereocenters. The van der Waals surface area contributed by atoms with E-state index in [2.05, 4.69) is 23.7 Å². The van der Waals surface area contributed by atoms with E-state index in [1.165, 1.54) is 0 Å². The predicted octanol–water partition coefficient (Wildman–Crippen LogP) is 3.87. The summed E-state index contributed by atoms with van der Waals surface area (Å²) in [6.45, 7) is 8.97. The lowest BCUT2D eigenvalue weighted by atomic mass is 10.1. The molecule has 4 aromatic rings. The first-order chi connectivity index (χ1) is 16.7. The molecule has 8 nitrogen and oxygen atoms in total. The van der Waals surface area contributed by atoms with Crippen LogP contribution in [0.2, 0.25) is 0 Å². The van der Waals surface area contributed by atoms with E-state index >= 15 is 0 Å². The van der Waals surface area contributed by atoms with Gasteiger partial charge in [-0.15, -0.1) is 0 Å². The van der Waals surface area contributed by atoms with E-state index in [0.29, 0.717) is 32.1 Å². The van der Waals surface area contributed by atoms with E-state index in [-0.39, 0.29) is 0 Å². The van der Waals surface area contributed by atoms with Gasteiger partial charge in [-0.25, -0.2) is 14.5 Å². The molecule has 5 rings (SSSR count). The SMILES string of the molecule is CCN(CC)CCOc1cc(Cc2nc3cccc(-c4ccc5c(c4)OCCO5)n3n2)ccn1. The first-order valence-corrected chi connectivity index (χ1v) is 11.8. The zero-order chi connectivity index (χ0) is 23.3. The van der Waals surface area contributed by atoms with Crippen LogP contribution in [0, 0.1) is 0 Å². The fraction of sp³-hybridized carbons (Fsp3) is 0.346. The van der Waals surface area contributed by atoms with Crippen LogP contribution in [0.4, 0.5) is 0 Å². The molecule has 1 aromatic carbocycles. The van der Waals surface area contributed by atoms with E-state index in [9.17, 15) is 0 Å². The van der Waals surface area contributed by atoms with Gasteiger partial charge in [0.15, 0.2) is 23.0 Å². The molecule has 0 saturated carbocycles. The number of aromatic nitrogens is 4. The maximum atomic E-state index is 5.88. The predicted molar refractivity (Wildman–Crippen MR) is 130 cm³/mol. The second-order valence-electron chi connectivity index (χ2n) is 8.12. The first-order valence-electron chi connectivity index (χ1n) is 11.8. The van der Waals surface area contributed by atoms with Gasteiger partial charge in [0.25, 0.3) is 0 Å². The van der Waals surface area contributed by atoms with Crippen molar-refractivity contribution >= 4 is 5.65 Å². The Morgan fingerprint density at radius 3 is 2.71 bits per heavy atom. The average Bonchev–Trinajstić information content (AvgIpc) is 3.29. The number of rotatable bonds is 9. The molecule has 0 bridgehead atoms. The Bertz CT molecular complexity index is 1270. The van der Waals surface area contributed by atoms with Crippen LogP contribution in [0.25, 0.3) is 16.9 Å². The molecule has 1 aliphatic rings. The first kappa shape index (κ1) is 22.2. The third kappa shape index (κ3) is 4.82. The van der Waals surface area contributed by atoms with Gasteiger partial charge in [0.05, 0.1) is 5.69 Å². The van der Waals surface area contributed by atoms with Crippen molar-refractivity contribution in [2.75, 3.05) is 39.5 Å². The summed E-state index contributed by atoms with van der Waals surface area (Å²) in [7, 11) is 0. The second-order valence-corrected chi connectivity index (χ2v) is 8.12. The summed E-state index contributed by atoms with van der Waals surface area (Å²) in [5.74, 6) is 2.90. The van der Waals surface area contributed by atoms with Gasteiger partial charge in [-0.1, -0.05) is 19.9 Å². The van der Waals surface area contributed by atoms with Gasteiger partial charge in [0, 0.05) is 30.8 Å².